The number of benzene rings is 2. The molecule has 0 saturated carbocycles. The lowest BCUT2D eigenvalue weighted by molar-refractivity contribution is -0.122. The topological polar surface area (TPSA) is 113 Å². The van der Waals surface area contributed by atoms with E-state index in [9.17, 15) is 18.7 Å². The van der Waals surface area contributed by atoms with Gasteiger partial charge in [0.1, 0.15) is 17.3 Å². The molecule has 0 bridgehead atoms. The second-order valence-corrected chi connectivity index (χ2v) is 9.25. The zero-order valence-electron chi connectivity index (χ0n) is 21.6. The molecule has 4 aromatic rings. The van der Waals surface area contributed by atoms with Gasteiger partial charge in [-0.2, -0.15) is 4.98 Å². The molecular weight excluding hydrogens is 504 g/mol. The normalized spacial score (nSPS) is 12.7. The molecule has 0 spiro atoms. The number of halogens is 2. The number of aromatic nitrogens is 3. The van der Waals surface area contributed by atoms with Crippen molar-refractivity contribution in [3.8, 4) is 11.5 Å². The first-order valence-electron chi connectivity index (χ1n) is 12.8. The van der Waals surface area contributed by atoms with Crippen LogP contribution >= 0.6 is 0 Å². The summed E-state index contributed by atoms with van der Waals surface area (Å²) in [5, 5.41) is 20.8. The highest BCUT2D eigenvalue weighted by molar-refractivity contribution is 5.76. The van der Waals surface area contributed by atoms with Crippen LogP contribution in [0.2, 0.25) is 0 Å². The lowest BCUT2D eigenvalue weighted by Crippen LogP contribution is -2.48. The number of hydrogen-bond donors (Lipinski definition) is 3. The van der Waals surface area contributed by atoms with Gasteiger partial charge < -0.3 is 20.3 Å². The van der Waals surface area contributed by atoms with E-state index in [0.717, 1.165) is 18.1 Å². The molecule has 1 amide bonds. The molecule has 2 atom stereocenters. The van der Waals surface area contributed by atoms with Crippen molar-refractivity contribution in [3.63, 3.8) is 0 Å². The summed E-state index contributed by atoms with van der Waals surface area (Å²) < 4.78 is 32.8. The largest absolute Gasteiger partial charge is 0.390 e. The first kappa shape index (κ1) is 28.0. The van der Waals surface area contributed by atoms with Gasteiger partial charge in [0.15, 0.2) is 0 Å². The molecule has 4 rings (SSSR count). The van der Waals surface area contributed by atoms with Gasteiger partial charge in [-0.1, -0.05) is 42.4 Å². The van der Waals surface area contributed by atoms with Crippen molar-refractivity contribution in [2.45, 2.75) is 51.3 Å². The Hall–Kier alpha value is -4.02. The molecule has 2 aromatic heterocycles. The summed E-state index contributed by atoms with van der Waals surface area (Å²) in [6.45, 7) is 2.77. The van der Waals surface area contributed by atoms with Crippen LogP contribution in [0.3, 0.4) is 0 Å². The number of aliphatic hydroxyl groups excluding tert-OH is 1. The fourth-order valence-corrected chi connectivity index (χ4v) is 4.19. The molecule has 8 nitrogen and oxygen atoms in total. The maximum absolute atomic E-state index is 13.8. The molecule has 0 unspecified atom stereocenters. The molecule has 0 fully saturated rings. The Morgan fingerprint density at radius 1 is 1.03 bits per heavy atom. The SMILES string of the molecule is CCc1cccc(CNC[C@H](O)[C@H](Cc2cc(F)cc(F)c2)NC(=O)CCc2nc(-c3ccccn3)no2)c1. The van der Waals surface area contributed by atoms with Crippen molar-refractivity contribution in [2.24, 2.45) is 0 Å². The third kappa shape index (κ3) is 8.49. The Kier molecular flexibility index (Phi) is 9.82. The second-order valence-electron chi connectivity index (χ2n) is 9.25. The molecule has 3 N–H and O–H groups in total. The minimum Gasteiger partial charge on any atom is -0.390 e. The van der Waals surface area contributed by atoms with E-state index in [-0.39, 0.29) is 37.6 Å². The third-order valence-corrected chi connectivity index (χ3v) is 6.20. The van der Waals surface area contributed by atoms with Crippen LogP contribution in [0.25, 0.3) is 11.5 Å². The van der Waals surface area contributed by atoms with E-state index < -0.39 is 23.8 Å². The third-order valence-electron chi connectivity index (χ3n) is 6.20. The van der Waals surface area contributed by atoms with Crippen molar-refractivity contribution in [1.29, 1.82) is 0 Å². The van der Waals surface area contributed by atoms with Gasteiger partial charge in [-0.3, -0.25) is 9.78 Å². The van der Waals surface area contributed by atoms with Crippen molar-refractivity contribution >= 4 is 5.91 Å². The maximum Gasteiger partial charge on any atom is 0.227 e. The molecule has 10 heteroatoms. The van der Waals surface area contributed by atoms with E-state index >= 15 is 0 Å². The summed E-state index contributed by atoms with van der Waals surface area (Å²) in [7, 11) is 0. The van der Waals surface area contributed by atoms with E-state index in [1.165, 1.54) is 17.7 Å². The van der Waals surface area contributed by atoms with Crippen LogP contribution in [-0.2, 0) is 30.6 Å². The van der Waals surface area contributed by atoms with Gasteiger partial charge in [-0.05, 0) is 53.8 Å². The van der Waals surface area contributed by atoms with E-state index in [1.807, 2.05) is 12.1 Å². The van der Waals surface area contributed by atoms with E-state index in [2.05, 4.69) is 44.8 Å². The Morgan fingerprint density at radius 2 is 1.82 bits per heavy atom. The highest BCUT2D eigenvalue weighted by Crippen LogP contribution is 2.14. The van der Waals surface area contributed by atoms with Crippen molar-refractivity contribution in [3.05, 3.63) is 101 Å². The highest BCUT2D eigenvalue weighted by atomic mass is 19.1. The number of nitrogens with zero attached hydrogens (tertiary/aromatic N) is 3. The number of amides is 1. The highest BCUT2D eigenvalue weighted by Gasteiger charge is 2.23. The Labute approximate surface area is 225 Å². The average molecular weight is 536 g/mol. The summed E-state index contributed by atoms with van der Waals surface area (Å²) in [5.74, 6) is -1.23. The number of pyridine rings is 1. The van der Waals surface area contributed by atoms with Crippen LogP contribution in [0.15, 0.2) is 71.4 Å². The Bertz CT molecular complexity index is 1350. The number of aliphatic hydroxyl groups is 1. The van der Waals surface area contributed by atoms with E-state index in [1.54, 1.807) is 24.4 Å². The van der Waals surface area contributed by atoms with Crippen LogP contribution in [-0.4, -0.2) is 44.8 Å². The molecule has 2 heterocycles. The van der Waals surface area contributed by atoms with Gasteiger partial charge in [0, 0.05) is 38.2 Å². The first-order chi connectivity index (χ1) is 18.9. The van der Waals surface area contributed by atoms with Crippen molar-refractivity contribution in [2.75, 3.05) is 6.54 Å². The number of carbonyl (C=O) groups excluding carboxylic acids is 1. The monoisotopic (exact) mass is 535 g/mol. The van der Waals surface area contributed by atoms with Crippen molar-refractivity contribution in [1.82, 2.24) is 25.8 Å². The number of carbonyl (C=O) groups is 1. The molecule has 2 aromatic carbocycles. The van der Waals surface area contributed by atoms with Gasteiger partial charge in [-0.15, -0.1) is 0 Å². The summed E-state index contributed by atoms with van der Waals surface area (Å²) in [4.78, 5) is 21.2. The zero-order chi connectivity index (χ0) is 27.6. The van der Waals surface area contributed by atoms with Crippen LogP contribution in [0.5, 0.6) is 0 Å². The molecule has 39 heavy (non-hydrogen) atoms. The maximum atomic E-state index is 13.8. The van der Waals surface area contributed by atoms with Gasteiger partial charge in [0.25, 0.3) is 0 Å². The van der Waals surface area contributed by atoms with Crippen LogP contribution in [0.1, 0.15) is 35.9 Å². The molecule has 0 aliphatic carbocycles. The van der Waals surface area contributed by atoms with Gasteiger partial charge in [0.05, 0.1) is 12.1 Å². The molecule has 204 valence electrons. The predicted molar refractivity (Wildman–Crippen MR) is 141 cm³/mol. The summed E-state index contributed by atoms with van der Waals surface area (Å²) in [5.41, 5.74) is 3.15. The number of aryl methyl sites for hydroxylation is 2. The molecule has 0 saturated heterocycles. The molecule has 0 radical (unpaired) electrons. The van der Waals surface area contributed by atoms with Gasteiger partial charge in [-0.25, -0.2) is 8.78 Å². The fraction of sp³-hybridized carbons (Fsp3) is 0.310. The Morgan fingerprint density at radius 3 is 2.56 bits per heavy atom. The smallest absolute Gasteiger partial charge is 0.227 e. The number of nitrogens with one attached hydrogen (secondary N) is 2. The summed E-state index contributed by atoms with van der Waals surface area (Å²) in [6, 6.07) is 15.8. The Balaban J connectivity index is 1.37. The number of hydrogen-bond acceptors (Lipinski definition) is 7. The van der Waals surface area contributed by atoms with Crippen LogP contribution in [0.4, 0.5) is 8.78 Å². The lowest BCUT2D eigenvalue weighted by atomic mass is 10.00. The second kappa shape index (κ2) is 13.7. The summed E-state index contributed by atoms with van der Waals surface area (Å²) >= 11 is 0. The lowest BCUT2D eigenvalue weighted by Gasteiger charge is -2.25. The average Bonchev–Trinajstić information content (AvgIpc) is 3.41. The standard InChI is InChI=1S/C29H31F2N5O3/c1-2-19-6-5-7-20(12-19)17-32-18-26(37)25(15-21-13-22(30)16-23(31)14-21)34-27(38)9-10-28-35-29(36-39-28)24-8-3-4-11-33-24/h3-8,11-14,16,25-26,32,37H,2,9-10,15,17-18H2,1H3,(H,34,38)/t25-,26-/m0/s1. The molecule has 0 aliphatic rings. The van der Waals surface area contributed by atoms with E-state index in [4.69, 9.17) is 4.52 Å². The quantitative estimate of drug-likeness (QED) is 0.239. The van der Waals surface area contributed by atoms with Crippen LogP contribution in [0, 0.1) is 11.6 Å². The minimum atomic E-state index is -1.02. The zero-order valence-corrected chi connectivity index (χ0v) is 21.6. The minimum absolute atomic E-state index is 0.0157. The van der Waals surface area contributed by atoms with E-state index in [0.29, 0.717) is 23.6 Å². The fourth-order valence-electron chi connectivity index (χ4n) is 4.19. The molecule has 0 aliphatic heterocycles. The first-order valence-corrected chi connectivity index (χ1v) is 12.8. The summed E-state index contributed by atoms with van der Waals surface area (Å²) in [6.07, 6.45) is 1.75. The van der Waals surface area contributed by atoms with Crippen LogP contribution < -0.4 is 10.6 Å². The van der Waals surface area contributed by atoms with Gasteiger partial charge in [0.2, 0.25) is 17.6 Å². The number of rotatable bonds is 13. The molecular formula is C29H31F2N5O3. The van der Waals surface area contributed by atoms with Crippen molar-refractivity contribution < 1.29 is 23.2 Å². The predicted octanol–water partition coefficient (Wildman–Crippen LogP) is 3.78. The van der Waals surface area contributed by atoms with Gasteiger partial charge >= 0.3 is 0 Å².